The van der Waals surface area contributed by atoms with Gasteiger partial charge in [0, 0.05) is 0 Å². The van der Waals surface area contributed by atoms with Crippen LogP contribution in [-0.2, 0) is 26.0 Å². The molecule has 1 aliphatic carbocycles. The fraction of sp³-hybridized carbons (Fsp3) is 0.650. The van der Waals surface area contributed by atoms with Gasteiger partial charge in [-0.1, -0.05) is 63.4 Å². The van der Waals surface area contributed by atoms with Crippen molar-refractivity contribution in [2.75, 3.05) is 5.75 Å². The van der Waals surface area contributed by atoms with Gasteiger partial charge >= 0.3 is 5.97 Å². The van der Waals surface area contributed by atoms with Crippen molar-refractivity contribution in [3.63, 3.8) is 0 Å². The van der Waals surface area contributed by atoms with Crippen molar-refractivity contribution in [3.05, 3.63) is 35.9 Å². The van der Waals surface area contributed by atoms with Gasteiger partial charge in [0.2, 0.25) is 0 Å². The number of hydrogen-bond donors (Lipinski definition) is 0. The normalized spacial score (nSPS) is 17.4. The van der Waals surface area contributed by atoms with Gasteiger partial charge in [-0.05, 0) is 30.7 Å². The third-order valence-electron chi connectivity index (χ3n) is 4.81. The van der Waals surface area contributed by atoms with E-state index in [9.17, 15) is 13.2 Å². The second-order valence-corrected chi connectivity index (χ2v) is 9.84. The van der Waals surface area contributed by atoms with Gasteiger partial charge in [0.1, 0.15) is 6.61 Å². The highest BCUT2D eigenvalue weighted by Gasteiger charge is 2.33. The third-order valence-corrected chi connectivity index (χ3v) is 7.16. The molecule has 1 aromatic rings. The number of rotatable bonds is 8. The molecule has 2 rings (SSSR count). The number of carbonyl (C=O) groups excluding carboxylic acids is 1. The van der Waals surface area contributed by atoms with Crippen LogP contribution in [0.1, 0.15) is 57.9 Å². The maximum Gasteiger partial charge on any atom is 0.310 e. The second-order valence-electron chi connectivity index (χ2n) is 7.51. The van der Waals surface area contributed by atoms with Crippen LogP contribution in [0.4, 0.5) is 0 Å². The van der Waals surface area contributed by atoms with E-state index < -0.39 is 21.7 Å². The quantitative estimate of drug-likeness (QED) is 0.649. The highest BCUT2D eigenvalue weighted by Crippen LogP contribution is 2.27. The lowest BCUT2D eigenvalue weighted by Gasteiger charge is -2.24. The van der Waals surface area contributed by atoms with E-state index in [4.69, 9.17) is 4.74 Å². The highest BCUT2D eigenvalue weighted by molar-refractivity contribution is 7.92. The maximum absolute atomic E-state index is 12.7. The first kappa shape index (κ1) is 20.0. The standard InChI is InChI=1S/C20H30O4S/c1-16(2)13-18(15-25(22,23)19-11-7-4-8-12-19)20(21)24-14-17-9-5-3-6-10-17/h3,5-6,9-10,16,18-19H,4,7-8,11-15H2,1-2H3/t18-/m1/s1. The maximum atomic E-state index is 12.7. The van der Waals surface area contributed by atoms with E-state index in [1.54, 1.807) is 0 Å². The predicted molar refractivity (Wildman–Crippen MR) is 99.8 cm³/mol. The number of esters is 1. The van der Waals surface area contributed by atoms with E-state index in [-0.39, 0.29) is 23.5 Å². The summed E-state index contributed by atoms with van der Waals surface area (Å²) in [5.74, 6) is -0.799. The molecule has 1 atom stereocenters. The van der Waals surface area contributed by atoms with E-state index in [1.165, 1.54) is 0 Å². The van der Waals surface area contributed by atoms with Gasteiger partial charge in [0.05, 0.1) is 16.9 Å². The Bertz CT molecular complexity index is 631. The number of hydrogen-bond acceptors (Lipinski definition) is 4. The lowest BCUT2D eigenvalue weighted by Crippen LogP contribution is -2.33. The topological polar surface area (TPSA) is 60.4 Å². The molecule has 1 aliphatic rings. The molecule has 0 N–H and O–H groups in total. The Morgan fingerprint density at radius 2 is 1.76 bits per heavy atom. The average Bonchev–Trinajstić information content (AvgIpc) is 2.60. The Morgan fingerprint density at radius 3 is 2.36 bits per heavy atom. The number of carbonyl (C=O) groups is 1. The number of benzene rings is 1. The molecule has 0 saturated heterocycles. The molecular formula is C20H30O4S. The number of sulfone groups is 1. The van der Waals surface area contributed by atoms with Crippen LogP contribution in [0.5, 0.6) is 0 Å². The SMILES string of the molecule is CC(C)C[C@H](CS(=O)(=O)C1CCCCC1)C(=O)OCc1ccccc1. The van der Waals surface area contributed by atoms with Gasteiger partial charge in [-0.2, -0.15) is 0 Å². The molecule has 0 spiro atoms. The lowest BCUT2D eigenvalue weighted by molar-refractivity contribution is -0.149. The van der Waals surface area contributed by atoms with Crippen molar-refractivity contribution in [1.82, 2.24) is 0 Å². The van der Waals surface area contributed by atoms with E-state index in [1.807, 2.05) is 44.2 Å². The summed E-state index contributed by atoms with van der Waals surface area (Å²) >= 11 is 0. The van der Waals surface area contributed by atoms with Gasteiger partial charge in [0.15, 0.2) is 9.84 Å². The van der Waals surface area contributed by atoms with Gasteiger partial charge < -0.3 is 4.74 Å². The molecule has 0 aliphatic heterocycles. The van der Waals surface area contributed by atoms with E-state index in [0.29, 0.717) is 6.42 Å². The molecule has 25 heavy (non-hydrogen) atoms. The molecule has 0 amide bonds. The fourth-order valence-electron chi connectivity index (χ4n) is 3.49. The molecule has 0 unspecified atom stereocenters. The Hall–Kier alpha value is -1.36. The summed E-state index contributed by atoms with van der Waals surface area (Å²) < 4.78 is 30.9. The summed E-state index contributed by atoms with van der Waals surface area (Å²) in [6, 6.07) is 9.47. The van der Waals surface area contributed by atoms with Crippen LogP contribution in [-0.4, -0.2) is 25.4 Å². The van der Waals surface area contributed by atoms with E-state index in [0.717, 1.165) is 37.7 Å². The van der Waals surface area contributed by atoms with Gasteiger partial charge in [-0.15, -0.1) is 0 Å². The van der Waals surface area contributed by atoms with Gasteiger partial charge in [-0.3, -0.25) is 4.79 Å². The molecule has 4 nitrogen and oxygen atoms in total. The average molecular weight is 367 g/mol. The smallest absolute Gasteiger partial charge is 0.310 e. The minimum Gasteiger partial charge on any atom is -0.461 e. The molecule has 0 bridgehead atoms. The zero-order chi connectivity index (χ0) is 18.3. The molecule has 1 aromatic carbocycles. The Labute approximate surface area is 151 Å². The van der Waals surface area contributed by atoms with Crippen molar-refractivity contribution < 1.29 is 17.9 Å². The second kappa shape index (κ2) is 9.37. The minimum atomic E-state index is -3.26. The summed E-state index contributed by atoms with van der Waals surface area (Å²) in [5.41, 5.74) is 0.911. The van der Waals surface area contributed by atoms with E-state index >= 15 is 0 Å². The zero-order valence-corrected chi connectivity index (χ0v) is 16.1. The van der Waals surface area contributed by atoms with Crippen LogP contribution in [0.25, 0.3) is 0 Å². The molecule has 140 valence electrons. The Kier molecular flexibility index (Phi) is 7.48. The first-order valence-electron chi connectivity index (χ1n) is 9.30. The third kappa shape index (κ3) is 6.46. The molecule has 1 saturated carbocycles. The van der Waals surface area contributed by atoms with Crippen molar-refractivity contribution in [2.45, 2.75) is 64.2 Å². The van der Waals surface area contributed by atoms with Crippen molar-refractivity contribution in [3.8, 4) is 0 Å². The summed E-state index contributed by atoms with van der Waals surface area (Å²) in [6.07, 6.45) is 5.06. The monoisotopic (exact) mass is 366 g/mol. The van der Waals surface area contributed by atoms with Gasteiger partial charge in [0.25, 0.3) is 0 Å². The largest absolute Gasteiger partial charge is 0.461 e. The molecule has 0 aromatic heterocycles. The van der Waals surface area contributed by atoms with Crippen LogP contribution < -0.4 is 0 Å². The van der Waals surface area contributed by atoms with Crippen LogP contribution in [0.15, 0.2) is 30.3 Å². The first-order valence-corrected chi connectivity index (χ1v) is 11.0. The molecule has 1 fully saturated rings. The Balaban J connectivity index is 2.00. The molecule has 0 radical (unpaired) electrons. The van der Waals surface area contributed by atoms with Crippen LogP contribution >= 0.6 is 0 Å². The van der Waals surface area contributed by atoms with Crippen LogP contribution in [0.3, 0.4) is 0 Å². The Morgan fingerprint density at radius 1 is 1.12 bits per heavy atom. The predicted octanol–water partition coefficient (Wildman–Crippen LogP) is 4.14. The van der Waals surface area contributed by atoms with Crippen LogP contribution in [0.2, 0.25) is 0 Å². The number of ether oxygens (including phenoxy) is 1. The molecular weight excluding hydrogens is 336 g/mol. The highest BCUT2D eigenvalue weighted by atomic mass is 32.2. The summed E-state index contributed by atoms with van der Waals surface area (Å²) in [5, 5.41) is -0.280. The summed E-state index contributed by atoms with van der Waals surface area (Å²) in [4.78, 5) is 12.5. The minimum absolute atomic E-state index is 0.0799. The molecule has 0 heterocycles. The lowest BCUT2D eigenvalue weighted by atomic mass is 9.99. The summed E-state index contributed by atoms with van der Waals surface area (Å²) in [6.45, 7) is 4.20. The first-order chi connectivity index (χ1) is 11.9. The summed E-state index contributed by atoms with van der Waals surface area (Å²) in [7, 11) is -3.26. The van der Waals surface area contributed by atoms with Crippen LogP contribution in [0, 0.1) is 11.8 Å². The molecule has 5 heteroatoms. The van der Waals surface area contributed by atoms with Crippen molar-refractivity contribution in [2.24, 2.45) is 11.8 Å². The zero-order valence-electron chi connectivity index (χ0n) is 15.3. The fourth-order valence-corrected chi connectivity index (χ4v) is 5.65. The van der Waals surface area contributed by atoms with Crippen molar-refractivity contribution in [1.29, 1.82) is 0 Å². The van der Waals surface area contributed by atoms with E-state index in [2.05, 4.69) is 0 Å². The van der Waals surface area contributed by atoms with Gasteiger partial charge in [-0.25, -0.2) is 8.42 Å². The van der Waals surface area contributed by atoms with Crippen molar-refractivity contribution >= 4 is 15.8 Å².